The number of amidine groups is 1. The van der Waals surface area contributed by atoms with Crippen molar-refractivity contribution in [3.8, 4) is 0 Å². The van der Waals surface area contributed by atoms with Crippen LogP contribution < -0.4 is 5.73 Å². The summed E-state index contributed by atoms with van der Waals surface area (Å²) < 4.78 is 50.6. The topological polar surface area (TPSA) is 293 Å². The molecule has 32 heavy (non-hydrogen) atoms. The summed E-state index contributed by atoms with van der Waals surface area (Å²) in [6.07, 6.45) is -5.30. The smallest absolute Gasteiger partial charge is 0.387 e. The fourth-order valence-corrected chi connectivity index (χ4v) is 5.81. The molecule has 22 heteroatoms. The normalized spacial score (nSPS) is 34.0. The van der Waals surface area contributed by atoms with E-state index in [0.717, 1.165) is 11.2 Å². The van der Waals surface area contributed by atoms with Gasteiger partial charge in [0.25, 0.3) is 5.91 Å². The molecule has 1 saturated heterocycles. The lowest BCUT2D eigenvalue weighted by atomic mass is 10.1. The van der Waals surface area contributed by atoms with Gasteiger partial charge in [-0.25, -0.2) is 13.7 Å². The van der Waals surface area contributed by atoms with Crippen LogP contribution in [0.2, 0.25) is 0 Å². The third-order valence-electron chi connectivity index (χ3n) is 3.97. The first-order chi connectivity index (χ1) is 14.6. The van der Waals surface area contributed by atoms with Crippen LogP contribution in [-0.4, -0.2) is 95.9 Å². The number of carbonyl (C=O) groups is 1. The summed E-state index contributed by atoms with van der Waals surface area (Å²) in [5, 5.41) is 20.4. The van der Waals surface area contributed by atoms with Crippen molar-refractivity contribution in [3.63, 3.8) is 0 Å². The molecule has 0 aromatic rings. The molecule has 3 heterocycles. The van der Waals surface area contributed by atoms with Crippen molar-refractivity contribution < 1.29 is 66.2 Å². The van der Waals surface area contributed by atoms with E-state index in [4.69, 9.17) is 25.2 Å². The minimum Gasteiger partial charge on any atom is -0.387 e. The molecule has 7 atom stereocenters. The molecule has 0 radical (unpaired) electrons. The molecule has 0 spiro atoms. The highest BCUT2D eigenvalue weighted by Crippen LogP contribution is 2.66. The number of rotatable bonds is 8. The van der Waals surface area contributed by atoms with Gasteiger partial charge in [-0.2, -0.15) is 18.6 Å². The Bertz CT molecular complexity index is 1020. The molecule has 3 aliphatic heterocycles. The average Bonchev–Trinajstić information content (AvgIpc) is 3.12. The number of hydrogen-bond acceptors (Lipinski definition) is 14. The second-order valence-electron chi connectivity index (χ2n) is 6.29. The maximum atomic E-state index is 11.8. The first-order valence-electron chi connectivity index (χ1n) is 8.17. The van der Waals surface area contributed by atoms with Gasteiger partial charge in [0.2, 0.25) is 5.96 Å². The van der Waals surface area contributed by atoms with Gasteiger partial charge in [0.15, 0.2) is 18.1 Å². The molecule has 3 rings (SSSR count). The molecule has 0 aromatic heterocycles. The molecule has 19 nitrogen and oxygen atoms in total. The summed E-state index contributed by atoms with van der Waals surface area (Å²) in [4.78, 5) is 59.6. The van der Waals surface area contributed by atoms with E-state index in [-0.39, 0.29) is 11.8 Å². The van der Waals surface area contributed by atoms with Crippen molar-refractivity contribution in [2.45, 2.75) is 30.6 Å². The number of nitrogens with zero attached hydrogens (tertiary/aromatic N) is 4. The number of aliphatic hydroxyl groups excluding tert-OH is 2. The van der Waals surface area contributed by atoms with Crippen LogP contribution in [0.25, 0.3) is 0 Å². The standard InChI is InChI=1S/C10H16N5O14P3/c11-10-13-7-4(8(18)14-10)12-2-15(7)9-6(17)5(16)3(27-9)1-26-31(22,23)29-32(24,25)28-30(19,20)21/h2-6,9,16-17H,1H2,(H,22,23)(H,24,25)(H2,11,14,18)(H2,19,20,21)/t3-,4?,5+,6?,9-/m1/s1. The molecule has 0 aromatic carbocycles. The van der Waals surface area contributed by atoms with Crippen molar-refractivity contribution in [1.82, 2.24) is 4.90 Å². The molecular formula is C10H16N5O14P3. The van der Waals surface area contributed by atoms with Crippen LogP contribution in [0.1, 0.15) is 0 Å². The Balaban J connectivity index is 1.65. The fourth-order valence-electron chi connectivity index (χ4n) is 2.78. The van der Waals surface area contributed by atoms with Gasteiger partial charge in [0.1, 0.15) is 18.3 Å². The number of phosphoric ester groups is 1. The molecule has 0 saturated carbocycles. The van der Waals surface area contributed by atoms with Crippen molar-refractivity contribution >= 4 is 47.5 Å². The number of hydrogen-bond donors (Lipinski definition) is 7. The van der Waals surface area contributed by atoms with Crippen molar-refractivity contribution in [3.05, 3.63) is 0 Å². The van der Waals surface area contributed by atoms with E-state index in [2.05, 4.69) is 28.1 Å². The molecule has 0 aliphatic carbocycles. The van der Waals surface area contributed by atoms with Gasteiger partial charge in [0.05, 0.1) is 12.9 Å². The van der Waals surface area contributed by atoms with Crippen LogP contribution in [0.4, 0.5) is 0 Å². The van der Waals surface area contributed by atoms with Gasteiger partial charge < -0.3 is 40.3 Å². The molecule has 3 aliphatic rings. The molecule has 180 valence electrons. The van der Waals surface area contributed by atoms with Gasteiger partial charge in [-0.05, 0) is 0 Å². The molecule has 1 amide bonds. The first kappa shape index (κ1) is 25.2. The van der Waals surface area contributed by atoms with E-state index >= 15 is 0 Å². The highest BCUT2D eigenvalue weighted by molar-refractivity contribution is 7.66. The summed E-state index contributed by atoms with van der Waals surface area (Å²) in [6.45, 7) is -1.01. The van der Waals surface area contributed by atoms with E-state index in [9.17, 15) is 33.6 Å². The Hall–Kier alpha value is -1.43. The van der Waals surface area contributed by atoms with Crippen molar-refractivity contribution in [2.24, 2.45) is 20.7 Å². The van der Waals surface area contributed by atoms with E-state index in [1.54, 1.807) is 0 Å². The van der Waals surface area contributed by atoms with Crippen LogP contribution in [0.5, 0.6) is 0 Å². The van der Waals surface area contributed by atoms with Crippen LogP contribution in [0.3, 0.4) is 0 Å². The molecule has 1 fully saturated rings. The van der Waals surface area contributed by atoms with E-state index in [1.165, 1.54) is 0 Å². The van der Waals surface area contributed by atoms with Gasteiger partial charge in [-0.3, -0.25) is 19.2 Å². The van der Waals surface area contributed by atoms with E-state index < -0.39 is 66.6 Å². The number of aliphatic imine (C=N–C) groups is 3. The van der Waals surface area contributed by atoms with E-state index in [1.807, 2.05) is 0 Å². The maximum Gasteiger partial charge on any atom is 0.490 e. The lowest BCUT2D eigenvalue weighted by Crippen LogP contribution is -2.49. The first-order valence-corrected chi connectivity index (χ1v) is 12.7. The SMILES string of the molecule is NC1=NC(=O)C2N=CN([C@@H]3O[C@H](COP(=O)(O)OP(=O)(O)OP(=O)(O)O)[C@H](O)C3O)C2=N1. The van der Waals surface area contributed by atoms with Crippen LogP contribution in [0.15, 0.2) is 15.0 Å². The summed E-state index contributed by atoms with van der Waals surface area (Å²) in [7, 11) is -16.8. The van der Waals surface area contributed by atoms with Gasteiger partial charge in [0, 0.05) is 0 Å². The highest BCUT2D eigenvalue weighted by Gasteiger charge is 2.50. The number of carbonyl (C=O) groups excluding carboxylic acids is 1. The molecule has 4 unspecified atom stereocenters. The predicted molar refractivity (Wildman–Crippen MR) is 98.7 cm³/mol. The lowest BCUT2D eigenvalue weighted by Gasteiger charge is -2.27. The Morgan fingerprint density at radius 2 is 1.72 bits per heavy atom. The van der Waals surface area contributed by atoms with Crippen molar-refractivity contribution in [1.29, 1.82) is 0 Å². The second kappa shape index (κ2) is 8.73. The minimum atomic E-state index is -5.73. The zero-order chi connectivity index (χ0) is 24.1. The zero-order valence-corrected chi connectivity index (χ0v) is 18.0. The highest BCUT2D eigenvalue weighted by atomic mass is 31.3. The third kappa shape index (κ3) is 5.73. The number of ether oxygens (including phenoxy) is 1. The maximum absolute atomic E-state index is 11.8. The van der Waals surface area contributed by atoms with Gasteiger partial charge in [-0.15, -0.1) is 0 Å². The number of phosphoric acid groups is 3. The monoisotopic (exact) mass is 523 g/mol. The predicted octanol–water partition coefficient (Wildman–Crippen LogP) is -3.26. The zero-order valence-electron chi connectivity index (χ0n) is 15.3. The quantitative estimate of drug-likeness (QED) is 0.154. The molecule has 8 N–H and O–H groups in total. The summed E-state index contributed by atoms with van der Waals surface area (Å²) in [5.74, 6) is -1.18. The molecule has 0 bridgehead atoms. The lowest BCUT2D eigenvalue weighted by molar-refractivity contribution is -0.117. The number of aliphatic hydroxyl groups is 2. The Kier molecular flexibility index (Phi) is 6.88. The van der Waals surface area contributed by atoms with Crippen LogP contribution in [-0.2, 0) is 36.4 Å². The summed E-state index contributed by atoms with van der Waals surface area (Å²) >= 11 is 0. The Morgan fingerprint density at radius 1 is 1.06 bits per heavy atom. The summed E-state index contributed by atoms with van der Waals surface area (Å²) in [5.41, 5.74) is 5.43. The largest absolute Gasteiger partial charge is 0.490 e. The van der Waals surface area contributed by atoms with Gasteiger partial charge >= 0.3 is 23.5 Å². The third-order valence-corrected chi connectivity index (χ3v) is 7.77. The van der Waals surface area contributed by atoms with E-state index in [0.29, 0.717) is 0 Å². The minimum absolute atomic E-state index is 0.0627. The fraction of sp³-hybridized carbons (Fsp3) is 0.600. The average molecular weight is 523 g/mol. The number of fused-ring (bicyclic) bond motifs is 1. The van der Waals surface area contributed by atoms with Crippen LogP contribution in [0, 0.1) is 0 Å². The van der Waals surface area contributed by atoms with Gasteiger partial charge in [-0.1, -0.05) is 0 Å². The van der Waals surface area contributed by atoms with Crippen LogP contribution >= 0.6 is 23.5 Å². The number of nitrogens with two attached hydrogens (primary N) is 1. The Labute approximate surface area is 177 Å². The number of amides is 1. The Morgan fingerprint density at radius 3 is 2.34 bits per heavy atom. The molecular weight excluding hydrogens is 507 g/mol. The summed E-state index contributed by atoms with van der Waals surface area (Å²) in [6, 6.07) is -1.15. The second-order valence-corrected chi connectivity index (χ2v) is 10.7. The number of guanidine groups is 1. The van der Waals surface area contributed by atoms with Crippen molar-refractivity contribution in [2.75, 3.05) is 6.61 Å².